The van der Waals surface area contributed by atoms with Gasteiger partial charge in [-0.25, -0.2) is 0 Å². The van der Waals surface area contributed by atoms with Gasteiger partial charge in [-0.1, -0.05) is 18.2 Å². The van der Waals surface area contributed by atoms with E-state index in [0.717, 1.165) is 34.2 Å². The fraction of sp³-hybridized carbons (Fsp3) is 0.357. The van der Waals surface area contributed by atoms with Crippen molar-refractivity contribution in [2.24, 2.45) is 0 Å². The zero-order valence-corrected chi connectivity index (χ0v) is 11.4. The zero-order valence-electron chi connectivity index (χ0n) is 9.86. The summed E-state index contributed by atoms with van der Waals surface area (Å²) in [6, 6.07) is 10.1. The molecule has 2 nitrogen and oxygen atoms in total. The third-order valence-corrected chi connectivity index (χ3v) is 5.03. The van der Waals surface area contributed by atoms with E-state index in [2.05, 4.69) is 5.32 Å². The van der Waals surface area contributed by atoms with Gasteiger partial charge in [-0.05, 0) is 36.8 Å². The van der Waals surface area contributed by atoms with Crippen LogP contribution in [0.5, 0.6) is 0 Å². The van der Waals surface area contributed by atoms with Crippen molar-refractivity contribution in [1.82, 2.24) is 5.32 Å². The minimum absolute atomic E-state index is 0.00810. The van der Waals surface area contributed by atoms with Crippen LogP contribution in [0.2, 0.25) is 0 Å². The molecule has 0 radical (unpaired) electrons. The smallest absolute Gasteiger partial charge is 0.261 e. The van der Waals surface area contributed by atoms with E-state index in [-0.39, 0.29) is 17.3 Å². The van der Waals surface area contributed by atoms with Crippen LogP contribution in [0.3, 0.4) is 0 Å². The van der Waals surface area contributed by atoms with E-state index in [4.69, 9.17) is 11.6 Å². The number of amides is 1. The molecule has 4 heteroatoms. The number of carbonyl (C=O) groups excluding carboxylic acids is 1. The maximum absolute atomic E-state index is 12.2. The average Bonchev–Trinajstić information content (AvgIpc) is 2.96. The lowest BCUT2D eigenvalue weighted by atomic mass is 10.2. The highest BCUT2D eigenvalue weighted by Gasteiger charge is 2.27. The van der Waals surface area contributed by atoms with Crippen LogP contribution in [0.15, 0.2) is 30.3 Å². The van der Waals surface area contributed by atoms with Crippen LogP contribution in [0, 0.1) is 0 Å². The first-order valence-corrected chi connectivity index (χ1v) is 7.43. The number of hydrogen-bond donors (Lipinski definition) is 1. The molecule has 1 aliphatic carbocycles. The summed E-state index contributed by atoms with van der Waals surface area (Å²) in [5.74, 6) is 0.00810. The van der Waals surface area contributed by atoms with Crippen molar-refractivity contribution >= 4 is 38.9 Å². The Kier molecular flexibility index (Phi) is 3.27. The number of hydrogen-bond acceptors (Lipinski definition) is 2. The Bertz CT molecular complexity index is 547. The summed E-state index contributed by atoms with van der Waals surface area (Å²) in [5.41, 5.74) is 0. The first-order valence-electron chi connectivity index (χ1n) is 6.17. The molecule has 0 bridgehead atoms. The van der Waals surface area contributed by atoms with Gasteiger partial charge >= 0.3 is 0 Å². The predicted octanol–water partition coefficient (Wildman–Crippen LogP) is 3.79. The van der Waals surface area contributed by atoms with E-state index >= 15 is 0 Å². The van der Waals surface area contributed by atoms with Crippen molar-refractivity contribution < 1.29 is 4.79 Å². The standard InChI is InChI=1S/C14H14ClNOS/c15-10-5-3-6-11(10)16-14(17)13-8-9-4-1-2-7-12(9)18-13/h1-2,4,7-8,10-11H,3,5-6H2,(H,16,17). The third-order valence-electron chi connectivity index (χ3n) is 3.40. The molecule has 18 heavy (non-hydrogen) atoms. The lowest BCUT2D eigenvalue weighted by molar-refractivity contribution is 0.0942. The third kappa shape index (κ3) is 2.25. The number of halogens is 1. The molecule has 1 amide bonds. The topological polar surface area (TPSA) is 29.1 Å². The van der Waals surface area contributed by atoms with Crippen molar-refractivity contribution in [3.05, 3.63) is 35.2 Å². The van der Waals surface area contributed by atoms with Crippen molar-refractivity contribution in [2.45, 2.75) is 30.7 Å². The molecular weight excluding hydrogens is 266 g/mol. The van der Waals surface area contributed by atoms with Crippen LogP contribution in [-0.2, 0) is 0 Å². The van der Waals surface area contributed by atoms with E-state index in [1.807, 2.05) is 30.3 Å². The highest BCUT2D eigenvalue weighted by atomic mass is 35.5. The molecule has 1 aromatic carbocycles. The Morgan fingerprint density at radius 2 is 2.17 bits per heavy atom. The van der Waals surface area contributed by atoms with Crippen LogP contribution >= 0.6 is 22.9 Å². The maximum atomic E-state index is 12.2. The van der Waals surface area contributed by atoms with Crippen molar-refractivity contribution in [3.8, 4) is 0 Å². The minimum atomic E-state index is 0.00810. The first-order chi connectivity index (χ1) is 8.74. The lowest BCUT2D eigenvalue weighted by Gasteiger charge is -2.14. The van der Waals surface area contributed by atoms with Gasteiger partial charge in [0.2, 0.25) is 0 Å². The SMILES string of the molecule is O=C(NC1CCCC1Cl)c1cc2ccccc2s1. The summed E-state index contributed by atoms with van der Waals surface area (Å²) in [7, 11) is 0. The fourth-order valence-corrected chi connectivity index (χ4v) is 3.72. The lowest BCUT2D eigenvalue weighted by Crippen LogP contribution is -2.37. The van der Waals surface area contributed by atoms with Crippen molar-refractivity contribution in [1.29, 1.82) is 0 Å². The van der Waals surface area contributed by atoms with E-state index in [9.17, 15) is 4.79 Å². The Balaban J connectivity index is 1.79. The second kappa shape index (κ2) is 4.90. The van der Waals surface area contributed by atoms with E-state index in [1.165, 1.54) is 11.3 Å². The Morgan fingerprint density at radius 1 is 1.33 bits per heavy atom. The highest BCUT2D eigenvalue weighted by molar-refractivity contribution is 7.20. The Labute approximate surface area is 115 Å². The van der Waals surface area contributed by atoms with Gasteiger partial charge in [-0.15, -0.1) is 22.9 Å². The summed E-state index contributed by atoms with van der Waals surface area (Å²) in [4.78, 5) is 12.9. The van der Waals surface area contributed by atoms with Gasteiger partial charge in [0.15, 0.2) is 0 Å². The van der Waals surface area contributed by atoms with E-state index in [0.29, 0.717) is 0 Å². The van der Waals surface area contributed by atoms with Crippen LogP contribution in [0.1, 0.15) is 28.9 Å². The molecule has 1 fully saturated rings. The second-order valence-electron chi connectivity index (χ2n) is 4.68. The molecular formula is C14H14ClNOS. The fourth-order valence-electron chi connectivity index (χ4n) is 2.41. The van der Waals surface area contributed by atoms with Crippen LogP contribution in [0.4, 0.5) is 0 Å². The molecule has 1 heterocycles. The minimum Gasteiger partial charge on any atom is -0.347 e. The second-order valence-corrected chi connectivity index (χ2v) is 6.32. The van der Waals surface area contributed by atoms with Gasteiger partial charge < -0.3 is 5.32 Å². The number of benzene rings is 1. The predicted molar refractivity (Wildman–Crippen MR) is 76.6 cm³/mol. The zero-order chi connectivity index (χ0) is 12.5. The number of nitrogens with one attached hydrogen (secondary N) is 1. The van der Waals surface area contributed by atoms with Crippen LogP contribution < -0.4 is 5.32 Å². The molecule has 1 N–H and O–H groups in total. The number of thiophene rings is 1. The van der Waals surface area contributed by atoms with Crippen molar-refractivity contribution in [2.75, 3.05) is 0 Å². The Morgan fingerprint density at radius 3 is 2.89 bits per heavy atom. The normalized spacial score (nSPS) is 23.4. The largest absolute Gasteiger partial charge is 0.347 e. The molecule has 1 saturated carbocycles. The molecule has 2 aromatic rings. The molecule has 3 rings (SSSR count). The summed E-state index contributed by atoms with van der Waals surface area (Å²) in [6.07, 6.45) is 3.09. The molecule has 2 atom stereocenters. The molecule has 94 valence electrons. The van der Waals surface area contributed by atoms with Gasteiger partial charge in [0.25, 0.3) is 5.91 Å². The van der Waals surface area contributed by atoms with E-state index in [1.54, 1.807) is 0 Å². The number of alkyl halides is 1. The molecule has 0 spiro atoms. The van der Waals surface area contributed by atoms with Gasteiger partial charge in [0.05, 0.1) is 10.3 Å². The summed E-state index contributed by atoms with van der Waals surface area (Å²) < 4.78 is 1.15. The van der Waals surface area contributed by atoms with Gasteiger partial charge in [0, 0.05) is 10.7 Å². The summed E-state index contributed by atoms with van der Waals surface area (Å²) in [6.45, 7) is 0. The molecule has 1 aromatic heterocycles. The number of carbonyl (C=O) groups is 1. The number of rotatable bonds is 2. The molecule has 0 aliphatic heterocycles. The van der Waals surface area contributed by atoms with Crippen molar-refractivity contribution in [3.63, 3.8) is 0 Å². The quantitative estimate of drug-likeness (QED) is 0.833. The molecule has 1 aliphatic rings. The number of fused-ring (bicyclic) bond motifs is 1. The van der Waals surface area contributed by atoms with Crippen LogP contribution in [-0.4, -0.2) is 17.3 Å². The monoisotopic (exact) mass is 279 g/mol. The summed E-state index contributed by atoms with van der Waals surface area (Å²) in [5, 5.41) is 4.26. The first kappa shape index (κ1) is 12.0. The molecule has 2 unspecified atom stereocenters. The van der Waals surface area contributed by atoms with Gasteiger partial charge in [0.1, 0.15) is 0 Å². The Hall–Kier alpha value is -1.06. The van der Waals surface area contributed by atoms with Gasteiger partial charge in [-0.3, -0.25) is 4.79 Å². The van der Waals surface area contributed by atoms with E-state index < -0.39 is 0 Å². The van der Waals surface area contributed by atoms with Gasteiger partial charge in [-0.2, -0.15) is 0 Å². The highest BCUT2D eigenvalue weighted by Crippen LogP contribution is 2.27. The van der Waals surface area contributed by atoms with Crippen LogP contribution in [0.25, 0.3) is 10.1 Å². The summed E-state index contributed by atoms with van der Waals surface area (Å²) >= 11 is 7.71. The maximum Gasteiger partial charge on any atom is 0.261 e. The average molecular weight is 280 g/mol. The molecule has 0 saturated heterocycles.